The van der Waals surface area contributed by atoms with E-state index in [1.807, 2.05) is 6.07 Å². The molecule has 0 aromatic carbocycles. The minimum atomic E-state index is -0.427. The van der Waals surface area contributed by atoms with Crippen molar-refractivity contribution in [2.45, 2.75) is 6.92 Å². The Hall–Kier alpha value is -1.41. The summed E-state index contributed by atoms with van der Waals surface area (Å²) in [4.78, 5) is 14.5. The number of esters is 1. The van der Waals surface area contributed by atoms with Crippen molar-refractivity contribution in [2.24, 2.45) is 0 Å². The summed E-state index contributed by atoms with van der Waals surface area (Å²) in [6, 6.07) is 1.89. The molecule has 0 saturated carbocycles. The molecule has 1 aromatic rings. The number of nitrogens with zero attached hydrogens (tertiary/aromatic N) is 2. The molecule has 11 heavy (non-hydrogen) atoms. The molecule has 0 fully saturated rings. The van der Waals surface area contributed by atoms with Crippen molar-refractivity contribution in [1.82, 2.24) is 4.98 Å². The molecule has 0 radical (unpaired) electrons. The van der Waals surface area contributed by atoms with Crippen LogP contribution in [0.5, 0.6) is 5.19 Å². The average molecular weight is 168 g/mol. The van der Waals surface area contributed by atoms with Crippen LogP contribution in [0.2, 0.25) is 0 Å². The topological polar surface area (TPSA) is 63.0 Å². The van der Waals surface area contributed by atoms with Gasteiger partial charge >= 0.3 is 5.97 Å². The van der Waals surface area contributed by atoms with E-state index in [-0.39, 0.29) is 5.19 Å². The van der Waals surface area contributed by atoms with E-state index in [4.69, 9.17) is 5.26 Å². The van der Waals surface area contributed by atoms with Crippen LogP contribution in [0.3, 0.4) is 0 Å². The van der Waals surface area contributed by atoms with E-state index in [1.54, 1.807) is 0 Å². The van der Waals surface area contributed by atoms with E-state index in [0.717, 1.165) is 11.3 Å². The number of hydrogen-bond donors (Lipinski definition) is 0. The zero-order valence-corrected chi connectivity index (χ0v) is 6.51. The molecular weight excluding hydrogens is 164 g/mol. The normalized spacial score (nSPS) is 8.73. The van der Waals surface area contributed by atoms with Crippen LogP contribution in [0.25, 0.3) is 0 Å². The second-order valence-electron chi connectivity index (χ2n) is 1.70. The van der Waals surface area contributed by atoms with E-state index < -0.39 is 5.97 Å². The Kier molecular flexibility index (Phi) is 2.18. The van der Waals surface area contributed by atoms with Gasteiger partial charge in [0.25, 0.3) is 5.19 Å². The highest BCUT2D eigenvalue weighted by molar-refractivity contribution is 7.13. The van der Waals surface area contributed by atoms with Crippen molar-refractivity contribution in [2.75, 3.05) is 0 Å². The Morgan fingerprint density at radius 1 is 1.91 bits per heavy atom. The van der Waals surface area contributed by atoms with Crippen LogP contribution in [0, 0.1) is 11.3 Å². The standard InChI is InChI=1S/C6H4N2O2S/c1-4(9)10-6-8-3-5(2-7)11-6/h3H,1H3. The summed E-state index contributed by atoms with van der Waals surface area (Å²) < 4.78 is 4.61. The molecule has 0 atom stereocenters. The van der Waals surface area contributed by atoms with E-state index in [2.05, 4.69) is 9.72 Å². The van der Waals surface area contributed by atoms with Crippen molar-refractivity contribution in [3.63, 3.8) is 0 Å². The molecule has 0 aliphatic carbocycles. The van der Waals surface area contributed by atoms with Crippen LogP contribution in [-0.4, -0.2) is 11.0 Å². The smallest absolute Gasteiger partial charge is 0.309 e. The minimum absolute atomic E-state index is 0.217. The van der Waals surface area contributed by atoms with Crippen molar-refractivity contribution >= 4 is 17.3 Å². The van der Waals surface area contributed by atoms with Gasteiger partial charge in [-0.15, -0.1) is 0 Å². The molecular formula is C6H4N2O2S. The molecule has 1 aromatic heterocycles. The Labute approximate surface area is 67.1 Å². The number of aromatic nitrogens is 1. The third-order valence-electron chi connectivity index (χ3n) is 0.826. The predicted octanol–water partition coefficient (Wildman–Crippen LogP) is 0.940. The lowest BCUT2D eigenvalue weighted by atomic mass is 10.6. The summed E-state index contributed by atoms with van der Waals surface area (Å²) in [5.74, 6) is -0.427. The van der Waals surface area contributed by atoms with Gasteiger partial charge < -0.3 is 4.74 Å². The summed E-state index contributed by atoms with van der Waals surface area (Å²) >= 11 is 1.05. The summed E-state index contributed by atoms with van der Waals surface area (Å²) in [6.07, 6.45) is 1.36. The second-order valence-corrected chi connectivity index (χ2v) is 2.69. The SMILES string of the molecule is CC(=O)Oc1ncc(C#N)s1. The lowest BCUT2D eigenvalue weighted by Gasteiger charge is -1.90. The Morgan fingerprint density at radius 2 is 2.64 bits per heavy atom. The van der Waals surface area contributed by atoms with Crippen molar-refractivity contribution in [3.8, 4) is 11.3 Å². The van der Waals surface area contributed by atoms with Crippen LogP contribution < -0.4 is 4.74 Å². The van der Waals surface area contributed by atoms with Crippen LogP contribution >= 0.6 is 11.3 Å². The Morgan fingerprint density at radius 3 is 3.09 bits per heavy atom. The Balaban J connectivity index is 2.75. The molecule has 1 heterocycles. The highest BCUT2D eigenvalue weighted by Gasteiger charge is 2.03. The molecule has 0 spiro atoms. The zero-order chi connectivity index (χ0) is 8.27. The van der Waals surface area contributed by atoms with Crippen molar-refractivity contribution < 1.29 is 9.53 Å². The van der Waals surface area contributed by atoms with Gasteiger partial charge in [0, 0.05) is 6.92 Å². The lowest BCUT2D eigenvalue weighted by Crippen LogP contribution is -2.00. The van der Waals surface area contributed by atoms with Gasteiger partial charge in [-0.3, -0.25) is 4.79 Å². The molecule has 0 N–H and O–H groups in total. The molecule has 4 nitrogen and oxygen atoms in total. The summed E-state index contributed by atoms with van der Waals surface area (Å²) in [5, 5.41) is 8.58. The predicted molar refractivity (Wildman–Crippen MR) is 38.1 cm³/mol. The first kappa shape index (κ1) is 7.69. The van der Waals surface area contributed by atoms with Gasteiger partial charge in [-0.05, 0) is 0 Å². The van der Waals surface area contributed by atoms with E-state index in [1.165, 1.54) is 13.1 Å². The van der Waals surface area contributed by atoms with Gasteiger partial charge in [-0.25, -0.2) is 4.98 Å². The molecule has 0 aliphatic rings. The largest absolute Gasteiger partial charge is 0.398 e. The first-order valence-electron chi connectivity index (χ1n) is 2.76. The van der Waals surface area contributed by atoms with Gasteiger partial charge in [0.05, 0.1) is 6.20 Å². The van der Waals surface area contributed by atoms with Gasteiger partial charge in [0.15, 0.2) is 0 Å². The number of carbonyl (C=O) groups excluding carboxylic acids is 1. The highest BCUT2D eigenvalue weighted by Crippen LogP contribution is 2.19. The first-order chi connectivity index (χ1) is 5.22. The van der Waals surface area contributed by atoms with E-state index in [9.17, 15) is 4.79 Å². The maximum absolute atomic E-state index is 10.4. The van der Waals surface area contributed by atoms with E-state index in [0.29, 0.717) is 4.88 Å². The minimum Gasteiger partial charge on any atom is -0.398 e. The molecule has 0 saturated heterocycles. The maximum atomic E-state index is 10.4. The fraction of sp³-hybridized carbons (Fsp3) is 0.167. The summed E-state index contributed by atoms with van der Waals surface area (Å²) in [6.45, 7) is 1.29. The maximum Gasteiger partial charge on any atom is 0.309 e. The second kappa shape index (κ2) is 3.12. The fourth-order valence-corrected chi connectivity index (χ4v) is 1.08. The fourth-order valence-electron chi connectivity index (χ4n) is 0.480. The number of thiazole rings is 1. The molecule has 1 rings (SSSR count). The van der Waals surface area contributed by atoms with Crippen LogP contribution in [0.4, 0.5) is 0 Å². The van der Waals surface area contributed by atoms with Crippen LogP contribution in [-0.2, 0) is 4.79 Å². The highest BCUT2D eigenvalue weighted by atomic mass is 32.1. The van der Waals surface area contributed by atoms with E-state index >= 15 is 0 Å². The van der Waals surface area contributed by atoms with Gasteiger partial charge in [0.1, 0.15) is 10.9 Å². The number of rotatable bonds is 1. The molecule has 0 unspecified atom stereocenters. The summed E-state index contributed by atoms with van der Waals surface area (Å²) in [5.41, 5.74) is 0. The lowest BCUT2D eigenvalue weighted by molar-refractivity contribution is -0.131. The zero-order valence-electron chi connectivity index (χ0n) is 5.70. The van der Waals surface area contributed by atoms with Gasteiger partial charge in [-0.2, -0.15) is 5.26 Å². The van der Waals surface area contributed by atoms with Crippen molar-refractivity contribution in [3.05, 3.63) is 11.1 Å². The molecule has 5 heteroatoms. The Bertz CT molecular complexity index is 313. The number of ether oxygens (including phenoxy) is 1. The number of carbonyl (C=O) groups is 1. The number of nitriles is 1. The third kappa shape index (κ3) is 2.02. The van der Waals surface area contributed by atoms with Crippen LogP contribution in [0.1, 0.15) is 11.8 Å². The molecule has 0 aliphatic heterocycles. The van der Waals surface area contributed by atoms with Gasteiger partial charge in [-0.1, -0.05) is 11.3 Å². The monoisotopic (exact) mass is 168 g/mol. The average Bonchev–Trinajstić information content (AvgIpc) is 2.34. The van der Waals surface area contributed by atoms with Gasteiger partial charge in [0.2, 0.25) is 0 Å². The first-order valence-corrected chi connectivity index (χ1v) is 3.58. The summed E-state index contributed by atoms with van der Waals surface area (Å²) in [7, 11) is 0. The molecule has 0 amide bonds. The van der Waals surface area contributed by atoms with Crippen LogP contribution in [0.15, 0.2) is 6.20 Å². The molecule has 0 bridgehead atoms. The third-order valence-corrected chi connectivity index (χ3v) is 1.61. The van der Waals surface area contributed by atoms with Crippen molar-refractivity contribution in [1.29, 1.82) is 5.26 Å². The number of hydrogen-bond acceptors (Lipinski definition) is 5. The quantitative estimate of drug-likeness (QED) is 0.585. The molecule has 56 valence electrons.